The first-order chi connectivity index (χ1) is 8.68. The fraction of sp³-hybridized carbons (Fsp3) is 0.0833. The molecule has 0 unspecified atom stereocenters. The number of aromatic amines is 1. The number of aromatic nitrogens is 2. The number of hydrogen-bond donors (Lipinski definition) is 2. The van der Waals surface area contributed by atoms with Crippen LogP contribution in [-0.2, 0) is 4.79 Å². The van der Waals surface area contributed by atoms with Crippen LogP contribution in [-0.4, -0.2) is 33.5 Å². The molecule has 0 saturated carbocycles. The average Bonchev–Trinajstić information content (AvgIpc) is 2.90. The molecule has 6 heteroatoms. The number of anilines is 1. The van der Waals surface area contributed by atoms with E-state index in [9.17, 15) is 9.59 Å². The van der Waals surface area contributed by atoms with E-state index in [-0.39, 0.29) is 5.69 Å². The summed E-state index contributed by atoms with van der Waals surface area (Å²) in [5.41, 5.74) is 0.777. The summed E-state index contributed by atoms with van der Waals surface area (Å²) >= 11 is 0. The number of benzene rings is 1. The minimum Gasteiger partial charge on any atom is -0.480 e. The first-order valence-corrected chi connectivity index (χ1v) is 5.25. The Hall–Kier alpha value is -2.63. The molecule has 0 saturated heterocycles. The maximum Gasteiger partial charge on any atom is 0.323 e. The number of aliphatic carboxylic acids is 1. The van der Waals surface area contributed by atoms with E-state index in [2.05, 4.69) is 9.97 Å². The lowest BCUT2D eigenvalue weighted by Gasteiger charge is -2.19. The van der Waals surface area contributed by atoms with Gasteiger partial charge in [-0.15, -0.1) is 0 Å². The first-order valence-electron chi connectivity index (χ1n) is 5.25. The Kier molecular flexibility index (Phi) is 3.38. The molecular formula is C12H11N3O3. The van der Waals surface area contributed by atoms with Crippen molar-refractivity contribution in [2.75, 3.05) is 11.4 Å². The summed E-state index contributed by atoms with van der Waals surface area (Å²) in [5.74, 6) is -1.51. The predicted molar refractivity (Wildman–Crippen MR) is 64.3 cm³/mol. The van der Waals surface area contributed by atoms with Crippen molar-refractivity contribution in [3.05, 3.63) is 48.5 Å². The smallest absolute Gasteiger partial charge is 0.323 e. The number of rotatable bonds is 4. The van der Waals surface area contributed by atoms with Crippen LogP contribution in [0.5, 0.6) is 0 Å². The Morgan fingerprint density at radius 2 is 2.00 bits per heavy atom. The van der Waals surface area contributed by atoms with E-state index < -0.39 is 18.4 Å². The van der Waals surface area contributed by atoms with Gasteiger partial charge in [0.1, 0.15) is 12.2 Å². The molecule has 1 aromatic carbocycles. The van der Waals surface area contributed by atoms with Gasteiger partial charge in [-0.2, -0.15) is 0 Å². The lowest BCUT2D eigenvalue weighted by Crippen LogP contribution is -2.35. The van der Waals surface area contributed by atoms with E-state index >= 15 is 0 Å². The number of carbonyl (C=O) groups excluding carboxylic acids is 1. The zero-order valence-corrected chi connectivity index (χ0v) is 9.41. The number of imidazole rings is 1. The number of carboxylic acid groups (broad SMARTS) is 1. The van der Waals surface area contributed by atoms with Gasteiger partial charge in [-0.25, -0.2) is 4.98 Å². The number of H-pyrrole nitrogens is 1. The molecule has 0 spiro atoms. The summed E-state index contributed by atoms with van der Waals surface area (Å²) in [5, 5.41) is 8.87. The van der Waals surface area contributed by atoms with Crippen molar-refractivity contribution in [2.24, 2.45) is 0 Å². The van der Waals surface area contributed by atoms with Crippen LogP contribution in [0.25, 0.3) is 0 Å². The van der Waals surface area contributed by atoms with Gasteiger partial charge in [0.15, 0.2) is 0 Å². The zero-order valence-electron chi connectivity index (χ0n) is 9.41. The van der Waals surface area contributed by atoms with Gasteiger partial charge in [0, 0.05) is 5.69 Å². The minimum atomic E-state index is -1.08. The number of hydrogen-bond acceptors (Lipinski definition) is 3. The van der Waals surface area contributed by atoms with E-state index in [4.69, 9.17) is 5.11 Å². The highest BCUT2D eigenvalue weighted by molar-refractivity contribution is 6.06. The minimum absolute atomic E-state index is 0.250. The summed E-state index contributed by atoms with van der Waals surface area (Å²) in [6.07, 6.45) is 2.73. The SMILES string of the molecule is O=C(O)CN(C(=O)c1cnc[nH]1)c1ccccc1. The summed E-state index contributed by atoms with van der Waals surface area (Å²) in [7, 11) is 0. The first kappa shape index (κ1) is 11.8. The molecule has 0 radical (unpaired) electrons. The monoisotopic (exact) mass is 245 g/mol. The van der Waals surface area contributed by atoms with Crippen LogP contribution in [0.4, 0.5) is 5.69 Å². The maximum absolute atomic E-state index is 12.1. The predicted octanol–water partition coefficient (Wildman–Crippen LogP) is 1.14. The van der Waals surface area contributed by atoms with Crippen LogP contribution in [0, 0.1) is 0 Å². The Bertz CT molecular complexity index is 537. The highest BCUT2D eigenvalue weighted by atomic mass is 16.4. The standard InChI is InChI=1S/C12H11N3O3/c16-11(17)7-15(9-4-2-1-3-5-9)12(18)10-6-13-8-14-10/h1-6,8H,7H2,(H,13,14)(H,16,17). The zero-order chi connectivity index (χ0) is 13.0. The van der Waals surface area contributed by atoms with Crippen LogP contribution in [0.15, 0.2) is 42.9 Å². The molecule has 6 nitrogen and oxygen atoms in total. The molecule has 0 aliphatic rings. The lowest BCUT2D eigenvalue weighted by atomic mass is 10.2. The molecule has 0 bridgehead atoms. The Morgan fingerprint density at radius 3 is 2.56 bits per heavy atom. The fourth-order valence-electron chi connectivity index (χ4n) is 1.54. The van der Waals surface area contributed by atoms with Gasteiger partial charge in [0.25, 0.3) is 5.91 Å². The molecule has 1 amide bonds. The Labute approximate surface area is 103 Å². The molecule has 18 heavy (non-hydrogen) atoms. The number of para-hydroxylation sites is 1. The van der Waals surface area contributed by atoms with Crippen molar-refractivity contribution in [1.29, 1.82) is 0 Å². The molecule has 0 atom stereocenters. The third-order valence-electron chi connectivity index (χ3n) is 2.34. The summed E-state index contributed by atoms with van der Waals surface area (Å²) in [6.45, 7) is -0.401. The lowest BCUT2D eigenvalue weighted by molar-refractivity contribution is -0.135. The molecular weight excluding hydrogens is 234 g/mol. The van der Waals surface area contributed by atoms with Crippen LogP contribution >= 0.6 is 0 Å². The Morgan fingerprint density at radius 1 is 1.28 bits per heavy atom. The summed E-state index contributed by atoms with van der Waals surface area (Å²) in [6, 6.07) is 8.63. The van der Waals surface area contributed by atoms with Crippen molar-refractivity contribution in [2.45, 2.75) is 0 Å². The highest BCUT2D eigenvalue weighted by Gasteiger charge is 2.21. The largest absolute Gasteiger partial charge is 0.480 e. The molecule has 0 fully saturated rings. The molecule has 2 rings (SSSR count). The van der Waals surface area contributed by atoms with Gasteiger partial charge in [0.05, 0.1) is 12.5 Å². The average molecular weight is 245 g/mol. The van der Waals surface area contributed by atoms with Gasteiger partial charge in [-0.1, -0.05) is 18.2 Å². The second kappa shape index (κ2) is 5.13. The second-order valence-corrected chi connectivity index (χ2v) is 3.59. The molecule has 92 valence electrons. The van der Waals surface area contributed by atoms with Crippen LogP contribution in [0.1, 0.15) is 10.5 Å². The third-order valence-corrected chi connectivity index (χ3v) is 2.34. The summed E-state index contributed by atoms with van der Waals surface area (Å²) < 4.78 is 0. The topological polar surface area (TPSA) is 86.3 Å². The fourth-order valence-corrected chi connectivity index (χ4v) is 1.54. The van der Waals surface area contributed by atoms with Crippen LogP contribution in [0.3, 0.4) is 0 Å². The van der Waals surface area contributed by atoms with E-state index in [0.717, 1.165) is 0 Å². The summed E-state index contributed by atoms with van der Waals surface area (Å²) in [4.78, 5) is 30.6. The van der Waals surface area contributed by atoms with Crippen molar-refractivity contribution in [3.63, 3.8) is 0 Å². The van der Waals surface area contributed by atoms with Crippen molar-refractivity contribution in [1.82, 2.24) is 9.97 Å². The van der Waals surface area contributed by atoms with Gasteiger partial charge in [-0.3, -0.25) is 14.5 Å². The van der Waals surface area contributed by atoms with E-state index in [0.29, 0.717) is 5.69 Å². The highest BCUT2D eigenvalue weighted by Crippen LogP contribution is 2.15. The van der Waals surface area contributed by atoms with E-state index in [1.807, 2.05) is 0 Å². The van der Waals surface area contributed by atoms with E-state index in [1.165, 1.54) is 17.4 Å². The number of nitrogens with zero attached hydrogens (tertiary/aromatic N) is 2. The molecule has 1 heterocycles. The van der Waals surface area contributed by atoms with Crippen molar-refractivity contribution < 1.29 is 14.7 Å². The third kappa shape index (κ3) is 2.54. The van der Waals surface area contributed by atoms with Gasteiger partial charge >= 0.3 is 5.97 Å². The second-order valence-electron chi connectivity index (χ2n) is 3.59. The molecule has 1 aromatic heterocycles. The van der Waals surface area contributed by atoms with Gasteiger partial charge in [0.2, 0.25) is 0 Å². The van der Waals surface area contributed by atoms with Crippen LogP contribution < -0.4 is 4.90 Å². The van der Waals surface area contributed by atoms with Gasteiger partial charge in [-0.05, 0) is 12.1 Å². The quantitative estimate of drug-likeness (QED) is 0.845. The number of nitrogens with one attached hydrogen (secondary N) is 1. The van der Waals surface area contributed by atoms with Gasteiger partial charge < -0.3 is 10.1 Å². The van der Waals surface area contributed by atoms with Crippen molar-refractivity contribution in [3.8, 4) is 0 Å². The molecule has 0 aliphatic carbocycles. The van der Waals surface area contributed by atoms with E-state index in [1.54, 1.807) is 30.3 Å². The van der Waals surface area contributed by atoms with Crippen molar-refractivity contribution >= 4 is 17.6 Å². The molecule has 0 aliphatic heterocycles. The molecule has 2 aromatic rings. The number of carbonyl (C=O) groups is 2. The van der Waals surface area contributed by atoms with Crippen LogP contribution in [0.2, 0.25) is 0 Å². The number of amides is 1. The maximum atomic E-state index is 12.1. The number of carboxylic acids is 1. The Balaban J connectivity index is 2.31. The normalized spacial score (nSPS) is 10.0. The molecule has 2 N–H and O–H groups in total.